The summed E-state index contributed by atoms with van der Waals surface area (Å²) in [6, 6.07) is 6.14. The van der Waals surface area contributed by atoms with Crippen LogP contribution in [0.15, 0.2) is 30.7 Å². The molecule has 0 radical (unpaired) electrons. The molecule has 1 saturated carbocycles. The molecule has 2 aromatic heterocycles. The lowest BCUT2D eigenvalue weighted by atomic mass is 10.2. The van der Waals surface area contributed by atoms with Crippen molar-refractivity contribution >= 4 is 16.7 Å². The SMILES string of the molecule is [C-]#[N+]c1ccc2nc(-c3cncnc3C)n(C3CC3)c2c1. The highest BCUT2D eigenvalue weighted by Crippen LogP contribution is 2.42. The highest BCUT2D eigenvalue weighted by molar-refractivity contribution is 5.84. The van der Waals surface area contributed by atoms with Gasteiger partial charge in [-0.25, -0.2) is 19.8 Å². The van der Waals surface area contributed by atoms with Gasteiger partial charge in [0.25, 0.3) is 0 Å². The van der Waals surface area contributed by atoms with Crippen LogP contribution in [0.4, 0.5) is 5.69 Å². The first-order chi connectivity index (χ1) is 10.3. The quantitative estimate of drug-likeness (QED) is 0.670. The lowest BCUT2D eigenvalue weighted by Crippen LogP contribution is -2.00. The van der Waals surface area contributed by atoms with Gasteiger partial charge in [0.1, 0.15) is 12.2 Å². The van der Waals surface area contributed by atoms with Crippen molar-refractivity contribution in [3.8, 4) is 11.4 Å². The van der Waals surface area contributed by atoms with E-state index in [1.807, 2.05) is 31.3 Å². The summed E-state index contributed by atoms with van der Waals surface area (Å²) in [6.45, 7) is 9.16. The van der Waals surface area contributed by atoms with Crippen molar-refractivity contribution in [3.05, 3.63) is 47.8 Å². The monoisotopic (exact) mass is 275 g/mol. The van der Waals surface area contributed by atoms with Gasteiger partial charge in [0, 0.05) is 12.2 Å². The average Bonchev–Trinajstić information content (AvgIpc) is 3.27. The molecule has 0 aliphatic heterocycles. The van der Waals surface area contributed by atoms with Crippen LogP contribution in [0.2, 0.25) is 0 Å². The zero-order valence-corrected chi connectivity index (χ0v) is 11.6. The topological polar surface area (TPSA) is 48.0 Å². The van der Waals surface area contributed by atoms with E-state index < -0.39 is 0 Å². The van der Waals surface area contributed by atoms with E-state index in [0.717, 1.165) is 41.0 Å². The molecule has 102 valence electrons. The summed E-state index contributed by atoms with van der Waals surface area (Å²) in [7, 11) is 0. The maximum absolute atomic E-state index is 7.19. The fraction of sp³-hybridized carbons (Fsp3) is 0.250. The van der Waals surface area contributed by atoms with Crippen molar-refractivity contribution in [3.63, 3.8) is 0 Å². The normalized spacial score (nSPS) is 14.3. The minimum absolute atomic E-state index is 0.477. The van der Waals surface area contributed by atoms with E-state index in [1.54, 1.807) is 6.33 Å². The standard InChI is InChI=1S/C16H13N5/c1-10-13(8-18-9-19-10)16-20-14-6-3-11(17-2)7-15(14)21(16)12-4-5-12/h3,6-9,12H,4-5H2,1H3. The number of aryl methyl sites for hydroxylation is 1. The lowest BCUT2D eigenvalue weighted by molar-refractivity contribution is 0.773. The van der Waals surface area contributed by atoms with Gasteiger partial charge in [0.2, 0.25) is 0 Å². The molecule has 0 N–H and O–H groups in total. The van der Waals surface area contributed by atoms with Crippen LogP contribution >= 0.6 is 0 Å². The van der Waals surface area contributed by atoms with Crippen LogP contribution in [0.5, 0.6) is 0 Å². The second-order valence-corrected chi connectivity index (χ2v) is 5.34. The Kier molecular flexibility index (Phi) is 2.51. The Morgan fingerprint density at radius 1 is 1.33 bits per heavy atom. The third-order valence-electron chi connectivity index (χ3n) is 3.87. The summed E-state index contributed by atoms with van der Waals surface area (Å²) < 4.78 is 2.25. The number of rotatable bonds is 2. The zero-order valence-electron chi connectivity index (χ0n) is 11.6. The molecule has 1 aliphatic rings. The van der Waals surface area contributed by atoms with Crippen LogP contribution in [0.25, 0.3) is 27.3 Å². The second-order valence-electron chi connectivity index (χ2n) is 5.34. The van der Waals surface area contributed by atoms with Gasteiger partial charge < -0.3 is 4.57 Å². The van der Waals surface area contributed by atoms with Crippen molar-refractivity contribution in [1.29, 1.82) is 0 Å². The highest BCUT2D eigenvalue weighted by Gasteiger charge is 2.29. The highest BCUT2D eigenvalue weighted by atomic mass is 15.1. The van der Waals surface area contributed by atoms with E-state index in [0.29, 0.717) is 11.7 Å². The molecular weight excluding hydrogens is 262 g/mol. The van der Waals surface area contributed by atoms with Crippen LogP contribution in [-0.4, -0.2) is 19.5 Å². The van der Waals surface area contributed by atoms with Crippen molar-refractivity contribution in [2.45, 2.75) is 25.8 Å². The van der Waals surface area contributed by atoms with Crippen molar-refractivity contribution in [2.24, 2.45) is 0 Å². The molecule has 21 heavy (non-hydrogen) atoms. The number of hydrogen-bond donors (Lipinski definition) is 0. The Morgan fingerprint density at radius 2 is 2.19 bits per heavy atom. The molecule has 1 aliphatic carbocycles. The summed E-state index contributed by atoms with van der Waals surface area (Å²) in [4.78, 5) is 16.7. The number of nitrogens with zero attached hydrogens (tertiary/aromatic N) is 5. The van der Waals surface area contributed by atoms with Gasteiger partial charge in [0.15, 0.2) is 5.69 Å². The first kappa shape index (κ1) is 12.0. The first-order valence-corrected chi connectivity index (χ1v) is 6.94. The van der Waals surface area contributed by atoms with Crippen molar-refractivity contribution in [1.82, 2.24) is 19.5 Å². The van der Waals surface area contributed by atoms with Crippen LogP contribution in [0, 0.1) is 13.5 Å². The van der Waals surface area contributed by atoms with Crippen LogP contribution in [0.1, 0.15) is 24.6 Å². The maximum Gasteiger partial charge on any atom is 0.189 e. The van der Waals surface area contributed by atoms with E-state index in [-0.39, 0.29) is 0 Å². The minimum Gasteiger partial charge on any atom is -0.322 e. The molecule has 0 atom stereocenters. The Morgan fingerprint density at radius 3 is 2.90 bits per heavy atom. The Balaban J connectivity index is 2.03. The molecule has 0 spiro atoms. The van der Waals surface area contributed by atoms with Gasteiger partial charge in [-0.15, -0.1) is 0 Å². The Labute approximate surface area is 122 Å². The van der Waals surface area contributed by atoms with Gasteiger partial charge in [-0.05, 0) is 31.9 Å². The Bertz CT molecular complexity index is 883. The molecule has 3 aromatic rings. The summed E-state index contributed by atoms with van der Waals surface area (Å²) in [5.74, 6) is 0.910. The van der Waals surface area contributed by atoms with E-state index >= 15 is 0 Å². The average molecular weight is 275 g/mol. The predicted molar refractivity (Wildman–Crippen MR) is 80.0 cm³/mol. The van der Waals surface area contributed by atoms with Gasteiger partial charge in [-0.1, -0.05) is 6.07 Å². The van der Waals surface area contributed by atoms with E-state index in [1.165, 1.54) is 0 Å². The molecule has 0 bridgehead atoms. The van der Waals surface area contributed by atoms with Crippen molar-refractivity contribution < 1.29 is 0 Å². The second kappa shape index (κ2) is 4.38. The molecule has 5 nitrogen and oxygen atoms in total. The number of aromatic nitrogens is 4. The predicted octanol–water partition coefficient (Wildman–Crippen LogP) is 3.69. The molecule has 0 unspecified atom stereocenters. The number of fused-ring (bicyclic) bond motifs is 1. The van der Waals surface area contributed by atoms with Crippen LogP contribution < -0.4 is 0 Å². The largest absolute Gasteiger partial charge is 0.322 e. The molecule has 0 saturated heterocycles. The fourth-order valence-electron chi connectivity index (χ4n) is 2.65. The fourth-order valence-corrected chi connectivity index (χ4v) is 2.65. The number of hydrogen-bond acceptors (Lipinski definition) is 3. The molecule has 2 heterocycles. The molecule has 1 aromatic carbocycles. The first-order valence-electron chi connectivity index (χ1n) is 6.94. The zero-order chi connectivity index (χ0) is 14.4. The smallest absolute Gasteiger partial charge is 0.189 e. The molecule has 5 heteroatoms. The van der Waals surface area contributed by atoms with Crippen LogP contribution in [-0.2, 0) is 0 Å². The van der Waals surface area contributed by atoms with Gasteiger partial charge in [-0.2, -0.15) is 0 Å². The van der Waals surface area contributed by atoms with Gasteiger partial charge in [-0.3, -0.25) is 0 Å². The molecule has 0 amide bonds. The summed E-state index contributed by atoms with van der Waals surface area (Å²) in [5.41, 5.74) is 4.49. The summed E-state index contributed by atoms with van der Waals surface area (Å²) >= 11 is 0. The van der Waals surface area contributed by atoms with Crippen molar-refractivity contribution in [2.75, 3.05) is 0 Å². The number of benzene rings is 1. The van der Waals surface area contributed by atoms with E-state index in [2.05, 4.69) is 19.4 Å². The van der Waals surface area contributed by atoms with Gasteiger partial charge >= 0.3 is 0 Å². The van der Waals surface area contributed by atoms with Crippen LogP contribution in [0.3, 0.4) is 0 Å². The number of imidazole rings is 1. The Hall–Kier alpha value is -2.74. The minimum atomic E-state index is 0.477. The maximum atomic E-state index is 7.19. The van der Waals surface area contributed by atoms with E-state index in [4.69, 9.17) is 11.6 Å². The molecule has 1 fully saturated rings. The van der Waals surface area contributed by atoms with Gasteiger partial charge in [0.05, 0.1) is 28.9 Å². The molecule has 4 rings (SSSR count). The third-order valence-corrected chi connectivity index (χ3v) is 3.87. The lowest BCUT2D eigenvalue weighted by Gasteiger charge is -2.08. The molecular formula is C16H13N5. The van der Waals surface area contributed by atoms with E-state index in [9.17, 15) is 0 Å². The summed E-state index contributed by atoms with van der Waals surface area (Å²) in [6.07, 6.45) is 5.69. The summed E-state index contributed by atoms with van der Waals surface area (Å²) in [5, 5.41) is 0. The third kappa shape index (κ3) is 1.88.